The van der Waals surface area contributed by atoms with E-state index in [1.54, 1.807) is 14.2 Å². The summed E-state index contributed by atoms with van der Waals surface area (Å²) in [5.74, 6) is 7.88. The first-order chi connectivity index (χ1) is 10.2. The third-order valence-corrected chi connectivity index (χ3v) is 3.08. The first-order valence-corrected chi connectivity index (χ1v) is 6.79. The molecule has 0 saturated heterocycles. The molecule has 6 heteroatoms. The van der Waals surface area contributed by atoms with E-state index in [4.69, 9.17) is 15.3 Å². The van der Waals surface area contributed by atoms with Crippen molar-refractivity contribution in [3.8, 4) is 22.9 Å². The molecule has 0 saturated carbocycles. The van der Waals surface area contributed by atoms with E-state index in [2.05, 4.69) is 22.3 Å². The standard InChI is InChI=1S/C15H20N4O2/c1-4-6-10-9-13(19-16)18-15(17-10)11-7-5-8-12(20-2)14(11)21-3/h5,7-9H,4,6,16H2,1-3H3,(H,17,18,19). The van der Waals surface area contributed by atoms with Crippen molar-refractivity contribution < 1.29 is 9.47 Å². The van der Waals surface area contributed by atoms with Crippen molar-refractivity contribution in [2.45, 2.75) is 19.8 Å². The lowest BCUT2D eigenvalue weighted by atomic mass is 10.1. The molecule has 0 spiro atoms. The molecule has 0 aliphatic heterocycles. The van der Waals surface area contributed by atoms with Gasteiger partial charge in [-0.05, 0) is 18.6 Å². The molecule has 0 bridgehead atoms. The van der Waals surface area contributed by atoms with E-state index in [1.165, 1.54) is 0 Å². The molecule has 0 aliphatic carbocycles. The number of anilines is 1. The molecule has 1 aromatic heterocycles. The average molecular weight is 288 g/mol. The smallest absolute Gasteiger partial charge is 0.171 e. The van der Waals surface area contributed by atoms with E-state index in [0.717, 1.165) is 24.1 Å². The van der Waals surface area contributed by atoms with Crippen molar-refractivity contribution in [1.29, 1.82) is 0 Å². The van der Waals surface area contributed by atoms with Crippen LogP contribution in [-0.4, -0.2) is 24.2 Å². The fraction of sp³-hybridized carbons (Fsp3) is 0.333. The van der Waals surface area contributed by atoms with Crippen LogP contribution in [0.1, 0.15) is 19.0 Å². The second kappa shape index (κ2) is 6.90. The Hall–Kier alpha value is -2.34. The van der Waals surface area contributed by atoms with Gasteiger partial charge in [-0.25, -0.2) is 15.8 Å². The summed E-state index contributed by atoms with van der Waals surface area (Å²) in [7, 11) is 3.20. The van der Waals surface area contributed by atoms with E-state index in [1.807, 2.05) is 24.3 Å². The Labute approximate surface area is 124 Å². The third-order valence-electron chi connectivity index (χ3n) is 3.08. The van der Waals surface area contributed by atoms with Crippen LogP contribution in [0.4, 0.5) is 5.82 Å². The Kier molecular flexibility index (Phi) is 4.94. The van der Waals surface area contributed by atoms with Crippen LogP contribution in [0, 0.1) is 0 Å². The van der Waals surface area contributed by atoms with Gasteiger partial charge < -0.3 is 14.9 Å². The Morgan fingerprint density at radius 3 is 2.62 bits per heavy atom. The highest BCUT2D eigenvalue weighted by Crippen LogP contribution is 2.36. The van der Waals surface area contributed by atoms with Crippen molar-refractivity contribution in [3.63, 3.8) is 0 Å². The molecule has 3 N–H and O–H groups in total. The lowest BCUT2D eigenvalue weighted by Crippen LogP contribution is -2.11. The Morgan fingerprint density at radius 1 is 1.19 bits per heavy atom. The van der Waals surface area contributed by atoms with Crippen LogP contribution in [0.25, 0.3) is 11.4 Å². The van der Waals surface area contributed by atoms with Crippen LogP contribution < -0.4 is 20.7 Å². The lowest BCUT2D eigenvalue weighted by Gasteiger charge is -2.13. The number of benzene rings is 1. The van der Waals surface area contributed by atoms with Gasteiger partial charge in [-0.1, -0.05) is 19.4 Å². The number of hydrogen-bond donors (Lipinski definition) is 2. The van der Waals surface area contributed by atoms with Crippen LogP contribution >= 0.6 is 0 Å². The van der Waals surface area contributed by atoms with Gasteiger partial charge in [-0.3, -0.25) is 0 Å². The number of hydrogen-bond acceptors (Lipinski definition) is 6. The monoisotopic (exact) mass is 288 g/mol. The van der Waals surface area contributed by atoms with E-state index >= 15 is 0 Å². The van der Waals surface area contributed by atoms with Gasteiger partial charge in [0.2, 0.25) is 0 Å². The van der Waals surface area contributed by atoms with Gasteiger partial charge in [0.05, 0.1) is 19.8 Å². The third kappa shape index (κ3) is 3.22. The van der Waals surface area contributed by atoms with Crippen molar-refractivity contribution >= 4 is 5.82 Å². The van der Waals surface area contributed by atoms with Gasteiger partial charge in [0.15, 0.2) is 17.3 Å². The maximum Gasteiger partial charge on any atom is 0.171 e. The second-order valence-electron chi connectivity index (χ2n) is 4.50. The van der Waals surface area contributed by atoms with E-state index in [-0.39, 0.29) is 0 Å². The van der Waals surface area contributed by atoms with Crippen LogP contribution in [0.3, 0.4) is 0 Å². The van der Waals surface area contributed by atoms with Crippen molar-refractivity contribution in [1.82, 2.24) is 9.97 Å². The van der Waals surface area contributed by atoms with Gasteiger partial charge in [0.1, 0.15) is 5.82 Å². The maximum atomic E-state index is 5.49. The number of aromatic nitrogens is 2. The largest absolute Gasteiger partial charge is 0.493 e. The van der Waals surface area contributed by atoms with Crippen molar-refractivity contribution in [2.75, 3.05) is 19.6 Å². The number of nitrogens with one attached hydrogen (secondary N) is 1. The van der Waals surface area contributed by atoms with Crippen molar-refractivity contribution in [3.05, 3.63) is 30.0 Å². The normalized spacial score (nSPS) is 10.3. The van der Waals surface area contributed by atoms with Gasteiger partial charge >= 0.3 is 0 Å². The first kappa shape index (κ1) is 15.1. The summed E-state index contributed by atoms with van der Waals surface area (Å²) < 4.78 is 10.8. The van der Waals surface area contributed by atoms with Crippen molar-refractivity contribution in [2.24, 2.45) is 5.84 Å². The zero-order valence-corrected chi connectivity index (χ0v) is 12.5. The van der Waals surface area contributed by atoms with Crippen LogP contribution in [0.5, 0.6) is 11.5 Å². The predicted octanol–water partition coefficient (Wildman–Crippen LogP) is 2.40. The summed E-state index contributed by atoms with van der Waals surface area (Å²) in [6.07, 6.45) is 1.85. The van der Waals surface area contributed by atoms with Gasteiger partial charge in [-0.15, -0.1) is 0 Å². The SMILES string of the molecule is CCCc1cc(NN)nc(-c2cccc(OC)c2OC)n1. The minimum atomic E-state index is 0.560. The fourth-order valence-electron chi connectivity index (χ4n) is 2.14. The molecule has 6 nitrogen and oxygen atoms in total. The average Bonchev–Trinajstić information content (AvgIpc) is 2.53. The number of hydrazine groups is 1. The molecule has 0 unspecified atom stereocenters. The molecular formula is C15H20N4O2. The summed E-state index contributed by atoms with van der Waals surface area (Å²) in [5.41, 5.74) is 4.28. The zero-order chi connectivity index (χ0) is 15.2. The molecule has 2 aromatic rings. The van der Waals surface area contributed by atoms with Gasteiger partial charge in [-0.2, -0.15) is 0 Å². The summed E-state index contributed by atoms with van der Waals surface area (Å²) in [6, 6.07) is 7.45. The van der Waals surface area contributed by atoms with Crippen LogP contribution in [0.15, 0.2) is 24.3 Å². The molecule has 0 fully saturated rings. The fourth-order valence-corrected chi connectivity index (χ4v) is 2.14. The van der Waals surface area contributed by atoms with Gasteiger partial charge in [0.25, 0.3) is 0 Å². The summed E-state index contributed by atoms with van der Waals surface area (Å²) in [6.45, 7) is 2.10. The Morgan fingerprint density at radius 2 is 2.00 bits per heavy atom. The number of aryl methyl sites for hydroxylation is 1. The molecule has 2 rings (SSSR count). The molecule has 0 atom stereocenters. The molecule has 0 aliphatic rings. The number of rotatable bonds is 6. The Balaban J connectivity index is 2.57. The number of ether oxygens (including phenoxy) is 2. The summed E-state index contributed by atoms with van der Waals surface area (Å²) in [4.78, 5) is 8.99. The maximum absolute atomic E-state index is 5.49. The number of para-hydroxylation sites is 1. The molecule has 0 radical (unpaired) electrons. The molecule has 0 amide bonds. The van der Waals surface area contributed by atoms with Crippen LogP contribution in [0.2, 0.25) is 0 Å². The minimum Gasteiger partial charge on any atom is -0.493 e. The number of methoxy groups -OCH3 is 2. The zero-order valence-electron chi connectivity index (χ0n) is 12.5. The highest BCUT2D eigenvalue weighted by molar-refractivity contribution is 5.69. The minimum absolute atomic E-state index is 0.560. The molecule has 1 aromatic carbocycles. The van der Waals surface area contributed by atoms with E-state index in [9.17, 15) is 0 Å². The van der Waals surface area contributed by atoms with Gasteiger partial charge in [0, 0.05) is 11.8 Å². The number of nitrogen functional groups attached to an aromatic ring is 1. The highest BCUT2D eigenvalue weighted by atomic mass is 16.5. The van der Waals surface area contributed by atoms with Crippen LogP contribution in [-0.2, 0) is 6.42 Å². The molecule has 21 heavy (non-hydrogen) atoms. The van der Waals surface area contributed by atoms with E-state index < -0.39 is 0 Å². The second-order valence-corrected chi connectivity index (χ2v) is 4.50. The Bertz CT molecular complexity index is 617. The summed E-state index contributed by atoms with van der Waals surface area (Å²) >= 11 is 0. The molecular weight excluding hydrogens is 268 g/mol. The highest BCUT2D eigenvalue weighted by Gasteiger charge is 2.15. The molecule has 112 valence electrons. The summed E-state index contributed by atoms with van der Waals surface area (Å²) in [5, 5.41) is 0. The number of nitrogens with zero attached hydrogens (tertiary/aromatic N) is 2. The quantitative estimate of drug-likeness (QED) is 0.627. The number of nitrogens with two attached hydrogens (primary N) is 1. The first-order valence-electron chi connectivity index (χ1n) is 6.79. The molecule has 1 heterocycles. The van der Waals surface area contributed by atoms with E-state index in [0.29, 0.717) is 23.1 Å². The topological polar surface area (TPSA) is 82.3 Å². The lowest BCUT2D eigenvalue weighted by molar-refractivity contribution is 0.356. The predicted molar refractivity (Wildman–Crippen MR) is 82.4 cm³/mol.